The van der Waals surface area contributed by atoms with Crippen molar-refractivity contribution in [2.45, 2.75) is 84.2 Å². The van der Waals surface area contributed by atoms with Gasteiger partial charge in [0.05, 0.1) is 5.56 Å². The summed E-state index contributed by atoms with van der Waals surface area (Å²) < 4.78 is 6.07. The molecule has 1 aliphatic heterocycles. The predicted octanol–water partition coefficient (Wildman–Crippen LogP) is 6.19. The fourth-order valence-electron chi connectivity index (χ4n) is 3.40. The molecular weight excluding hydrogens is 284 g/mol. The van der Waals surface area contributed by atoms with Crippen LogP contribution in [-0.2, 0) is 0 Å². The molecule has 0 aliphatic carbocycles. The molecule has 1 heterocycles. The molecule has 2 nitrogen and oxygen atoms in total. The molecule has 1 aromatic rings. The summed E-state index contributed by atoms with van der Waals surface area (Å²) in [7, 11) is 0. The van der Waals surface area contributed by atoms with E-state index < -0.39 is 0 Å². The number of hydrogen-bond donors (Lipinski definition) is 0. The highest BCUT2D eigenvalue weighted by Crippen LogP contribution is 2.31. The van der Waals surface area contributed by atoms with Gasteiger partial charge in [-0.05, 0) is 24.5 Å². The minimum atomic E-state index is 0.0574. The number of Topliss-reactive ketones (excluding diaryl/α,β-unsaturated/α-hetero) is 1. The van der Waals surface area contributed by atoms with E-state index in [4.69, 9.17) is 4.74 Å². The fourth-order valence-corrected chi connectivity index (χ4v) is 3.40. The Hall–Kier alpha value is -1.31. The molecule has 0 saturated carbocycles. The number of ketones is 1. The van der Waals surface area contributed by atoms with Gasteiger partial charge in [0, 0.05) is 6.42 Å². The molecule has 1 aliphatic rings. The van der Waals surface area contributed by atoms with Crippen molar-refractivity contribution in [2.75, 3.05) is 0 Å². The van der Waals surface area contributed by atoms with E-state index in [0.717, 1.165) is 17.7 Å². The first-order valence-corrected chi connectivity index (χ1v) is 9.51. The molecule has 0 aromatic heterocycles. The van der Waals surface area contributed by atoms with Crippen molar-refractivity contribution >= 4 is 5.78 Å². The van der Waals surface area contributed by atoms with E-state index in [0.29, 0.717) is 12.3 Å². The fraction of sp³-hybridized carbons (Fsp3) is 0.667. The summed E-state index contributed by atoms with van der Waals surface area (Å²) in [4.78, 5) is 12.2. The smallest absolute Gasteiger partial charge is 0.170 e. The monoisotopic (exact) mass is 316 g/mol. The van der Waals surface area contributed by atoms with Gasteiger partial charge in [0.1, 0.15) is 11.9 Å². The Balaban J connectivity index is 1.65. The molecule has 0 saturated heterocycles. The highest BCUT2D eigenvalue weighted by Gasteiger charge is 2.29. The van der Waals surface area contributed by atoms with Crippen molar-refractivity contribution < 1.29 is 9.53 Å². The molecule has 0 radical (unpaired) electrons. The van der Waals surface area contributed by atoms with Crippen molar-refractivity contribution in [3.8, 4) is 5.75 Å². The molecule has 23 heavy (non-hydrogen) atoms. The number of fused-ring (bicyclic) bond motifs is 1. The molecule has 0 N–H and O–H groups in total. The quantitative estimate of drug-likeness (QED) is 0.481. The van der Waals surface area contributed by atoms with E-state index in [1.54, 1.807) is 0 Å². The minimum Gasteiger partial charge on any atom is -0.489 e. The van der Waals surface area contributed by atoms with Crippen LogP contribution in [0.5, 0.6) is 5.75 Å². The minimum absolute atomic E-state index is 0.0574. The van der Waals surface area contributed by atoms with Crippen molar-refractivity contribution in [2.24, 2.45) is 5.92 Å². The van der Waals surface area contributed by atoms with Gasteiger partial charge in [0.25, 0.3) is 0 Å². The van der Waals surface area contributed by atoms with Crippen LogP contribution in [0.3, 0.4) is 0 Å². The van der Waals surface area contributed by atoms with Gasteiger partial charge >= 0.3 is 0 Å². The summed E-state index contributed by atoms with van der Waals surface area (Å²) in [5.41, 5.74) is 0.753. The second-order valence-electron chi connectivity index (χ2n) is 7.02. The highest BCUT2D eigenvalue weighted by atomic mass is 16.5. The number of carbonyl (C=O) groups excluding carboxylic acids is 1. The third kappa shape index (κ3) is 5.67. The van der Waals surface area contributed by atoms with Gasteiger partial charge in [-0.25, -0.2) is 0 Å². The van der Waals surface area contributed by atoms with Gasteiger partial charge in [0.2, 0.25) is 0 Å². The lowest BCUT2D eigenvalue weighted by Crippen LogP contribution is -2.32. The van der Waals surface area contributed by atoms with Gasteiger partial charge in [-0.3, -0.25) is 4.79 Å². The molecule has 0 fully saturated rings. The zero-order chi connectivity index (χ0) is 16.5. The van der Waals surface area contributed by atoms with Crippen LogP contribution in [0, 0.1) is 5.92 Å². The Morgan fingerprint density at radius 1 is 1.04 bits per heavy atom. The molecule has 128 valence electrons. The zero-order valence-corrected chi connectivity index (χ0v) is 14.9. The van der Waals surface area contributed by atoms with E-state index >= 15 is 0 Å². The van der Waals surface area contributed by atoms with Crippen LogP contribution in [-0.4, -0.2) is 11.9 Å². The largest absolute Gasteiger partial charge is 0.489 e. The number of unbranched alkanes of at least 4 members (excludes halogenated alkanes) is 7. The first-order chi connectivity index (χ1) is 11.2. The summed E-state index contributed by atoms with van der Waals surface area (Å²) in [6, 6.07) is 7.64. The normalized spacial score (nSPS) is 18.3. The van der Waals surface area contributed by atoms with Gasteiger partial charge < -0.3 is 4.74 Å². The lowest BCUT2D eigenvalue weighted by atomic mass is 9.90. The number of ether oxygens (including phenoxy) is 1. The molecule has 2 atom stereocenters. The molecular formula is C21H32O2. The Bertz CT molecular complexity index is 480. The summed E-state index contributed by atoms with van der Waals surface area (Å²) in [5, 5.41) is 0. The van der Waals surface area contributed by atoms with Crippen LogP contribution in [0.1, 0.15) is 88.4 Å². The molecule has 0 amide bonds. The maximum atomic E-state index is 12.2. The lowest BCUT2D eigenvalue weighted by molar-refractivity contribution is 0.0737. The Kier molecular flexibility index (Phi) is 7.64. The van der Waals surface area contributed by atoms with Crippen molar-refractivity contribution in [3.05, 3.63) is 29.8 Å². The first kappa shape index (κ1) is 18.0. The zero-order valence-electron chi connectivity index (χ0n) is 14.9. The number of carbonyl (C=O) groups is 1. The van der Waals surface area contributed by atoms with Crippen molar-refractivity contribution in [1.29, 1.82) is 0 Å². The molecule has 2 heteroatoms. The first-order valence-electron chi connectivity index (χ1n) is 9.51. The van der Waals surface area contributed by atoms with E-state index in [9.17, 15) is 4.79 Å². The maximum Gasteiger partial charge on any atom is 0.170 e. The van der Waals surface area contributed by atoms with Gasteiger partial charge in [-0.15, -0.1) is 0 Å². The highest BCUT2D eigenvalue weighted by molar-refractivity contribution is 5.99. The molecule has 2 unspecified atom stereocenters. The Labute approximate surface area is 141 Å². The van der Waals surface area contributed by atoms with Gasteiger partial charge in [-0.1, -0.05) is 77.3 Å². The number of rotatable bonds is 10. The third-order valence-electron chi connectivity index (χ3n) is 5.00. The van der Waals surface area contributed by atoms with E-state index in [2.05, 4.69) is 13.8 Å². The van der Waals surface area contributed by atoms with E-state index in [1.807, 2.05) is 24.3 Å². The van der Waals surface area contributed by atoms with Crippen LogP contribution < -0.4 is 4.74 Å². The van der Waals surface area contributed by atoms with Crippen LogP contribution in [0.15, 0.2) is 24.3 Å². The average molecular weight is 316 g/mol. The van der Waals surface area contributed by atoms with Crippen LogP contribution in [0.25, 0.3) is 0 Å². The van der Waals surface area contributed by atoms with Gasteiger partial charge in [-0.2, -0.15) is 0 Å². The molecule has 2 rings (SSSR count). The predicted molar refractivity (Wildman–Crippen MR) is 96.2 cm³/mol. The second kappa shape index (κ2) is 9.75. The number of para-hydroxylation sites is 1. The van der Waals surface area contributed by atoms with Crippen LogP contribution in [0.4, 0.5) is 0 Å². The molecule has 1 aromatic carbocycles. The van der Waals surface area contributed by atoms with E-state index in [-0.39, 0.29) is 11.9 Å². The number of hydrogen-bond acceptors (Lipinski definition) is 2. The molecule has 0 spiro atoms. The van der Waals surface area contributed by atoms with Gasteiger partial charge in [0.15, 0.2) is 5.78 Å². The Morgan fingerprint density at radius 3 is 2.43 bits per heavy atom. The van der Waals surface area contributed by atoms with E-state index in [1.165, 1.54) is 51.4 Å². The topological polar surface area (TPSA) is 26.3 Å². The molecule has 0 bridgehead atoms. The average Bonchev–Trinajstić information content (AvgIpc) is 2.57. The third-order valence-corrected chi connectivity index (χ3v) is 5.00. The second-order valence-corrected chi connectivity index (χ2v) is 7.02. The summed E-state index contributed by atoms with van der Waals surface area (Å²) in [6.45, 7) is 4.49. The maximum absolute atomic E-state index is 12.2. The summed E-state index contributed by atoms with van der Waals surface area (Å²) in [6.07, 6.45) is 12.5. The SMILES string of the molecule is CCCCCCCCCCC(C)C1CC(=O)c2ccccc2O1. The lowest BCUT2D eigenvalue weighted by Gasteiger charge is -2.29. The van der Waals surface area contributed by atoms with Crippen LogP contribution in [0.2, 0.25) is 0 Å². The van der Waals surface area contributed by atoms with Crippen LogP contribution >= 0.6 is 0 Å². The standard InChI is InChI=1S/C21H32O2/c1-3-4-5-6-7-8-9-10-13-17(2)21-16-19(22)18-14-11-12-15-20(18)23-21/h11-12,14-15,17,21H,3-10,13,16H2,1-2H3. The summed E-state index contributed by atoms with van der Waals surface area (Å²) >= 11 is 0. The Morgan fingerprint density at radius 2 is 1.70 bits per heavy atom. The number of benzene rings is 1. The van der Waals surface area contributed by atoms with Crippen molar-refractivity contribution in [3.63, 3.8) is 0 Å². The summed E-state index contributed by atoms with van der Waals surface area (Å²) in [5.74, 6) is 1.46. The van der Waals surface area contributed by atoms with Crippen molar-refractivity contribution in [1.82, 2.24) is 0 Å².